The normalized spacial score (nSPS) is 11.7. The summed E-state index contributed by atoms with van der Waals surface area (Å²) >= 11 is 0. The lowest BCUT2D eigenvalue weighted by Gasteiger charge is -2.17. The Hall–Kier alpha value is -3.22. The van der Waals surface area contributed by atoms with E-state index in [1.54, 1.807) is 0 Å². The maximum atomic E-state index is 4.79. The lowest BCUT2D eigenvalue weighted by molar-refractivity contribution is 0.575. The fourth-order valence-corrected chi connectivity index (χ4v) is 3.42. The number of nitrogens with zero attached hydrogens (tertiary/aromatic N) is 4. The lowest BCUT2D eigenvalue weighted by atomic mass is 10.0. The molecule has 4 rings (SSSR count). The first-order valence-electron chi connectivity index (χ1n) is 10.1. The molecule has 0 bridgehead atoms. The molecule has 0 unspecified atom stereocenters. The van der Waals surface area contributed by atoms with Gasteiger partial charge >= 0.3 is 0 Å². The van der Waals surface area contributed by atoms with E-state index in [2.05, 4.69) is 65.5 Å². The van der Waals surface area contributed by atoms with Gasteiger partial charge in [0, 0.05) is 41.4 Å². The summed E-state index contributed by atoms with van der Waals surface area (Å²) in [6, 6.07) is 6.46. The number of rotatable bonds is 7. The predicted molar refractivity (Wildman–Crippen MR) is 117 cm³/mol. The molecule has 0 saturated heterocycles. The van der Waals surface area contributed by atoms with Gasteiger partial charge in [-0.05, 0) is 26.2 Å². The molecule has 29 heavy (non-hydrogen) atoms. The van der Waals surface area contributed by atoms with E-state index in [1.165, 1.54) is 0 Å². The molecule has 150 valence electrons. The van der Waals surface area contributed by atoms with Crippen LogP contribution in [0.1, 0.15) is 39.9 Å². The molecular weight excluding hydrogens is 362 g/mol. The first kappa shape index (κ1) is 19.1. The van der Waals surface area contributed by atoms with Crippen LogP contribution in [0.5, 0.6) is 0 Å². The van der Waals surface area contributed by atoms with Gasteiger partial charge in [0.2, 0.25) is 0 Å². The van der Waals surface area contributed by atoms with Gasteiger partial charge < -0.3 is 5.32 Å². The quantitative estimate of drug-likeness (QED) is 0.421. The average molecular weight is 390 g/mol. The van der Waals surface area contributed by atoms with E-state index < -0.39 is 0 Å². The average Bonchev–Trinajstić information content (AvgIpc) is 3.38. The second-order valence-electron chi connectivity index (χ2n) is 8.07. The molecule has 0 aliphatic heterocycles. The minimum atomic E-state index is 0.260. The van der Waals surface area contributed by atoms with Crippen LogP contribution in [0.25, 0.3) is 33.4 Å². The Bertz CT molecular complexity index is 1090. The summed E-state index contributed by atoms with van der Waals surface area (Å²) in [5.41, 5.74) is 4.89. The second-order valence-corrected chi connectivity index (χ2v) is 8.07. The number of H-pyrrole nitrogens is 2. The molecule has 7 heteroatoms. The minimum absolute atomic E-state index is 0.260. The topological polar surface area (TPSA) is 95.2 Å². The largest absolute Gasteiger partial charge is 0.382 e. The van der Waals surface area contributed by atoms with Crippen LogP contribution in [0.15, 0.2) is 36.8 Å². The molecule has 7 nitrogen and oxygen atoms in total. The highest BCUT2D eigenvalue weighted by atomic mass is 15.2. The molecule has 0 radical (unpaired) electrons. The Balaban J connectivity index is 1.82. The highest BCUT2D eigenvalue weighted by Gasteiger charge is 2.18. The SMILES string of the molecule is CC(C)CCc1nc(-c2cnc3c(-c4cn[nH]c4)cccc3c2NC(C)C)n[nH]1. The number of aromatic amines is 2. The van der Waals surface area contributed by atoms with Gasteiger partial charge in [-0.15, -0.1) is 0 Å². The van der Waals surface area contributed by atoms with Crippen LogP contribution in [0.3, 0.4) is 0 Å². The summed E-state index contributed by atoms with van der Waals surface area (Å²) in [6.07, 6.45) is 7.54. The van der Waals surface area contributed by atoms with Gasteiger partial charge in [-0.25, -0.2) is 4.98 Å². The number of hydrogen-bond donors (Lipinski definition) is 3. The van der Waals surface area contributed by atoms with E-state index >= 15 is 0 Å². The fourth-order valence-electron chi connectivity index (χ4n) is 3.42. The van der Waals surface area contributed by atoms with Crippen molar-refractivity contribution in [2.45, 2.75) is 46.6 Å². The third kappa shape index (κ3) is 3.99. The van der Waals surface area contributed by atoms with Gasteiger partial charge in [-0.3, -0.25) is 15.2 Å². The van der Waals surface area contributed by atoms with Crippen molar-refractivity contribution in [2.75, 3.05) is 5.32 Å². The molecule has 3 N–H and O–H groups in total. The van der Waals surface area contributed by atoms with E-state index in [9.17, 15) is 0 Å². The van der Waals surface area contributed by atoms with E-state index in [-0.39, 0.29) is 6.04 Å². The zero-order chi connectivity index (χ0) is 20.4. The van der Waals surface area contributed by atoms with Crippen molar-refractivity contribution in [1.29, 1.82) is 0 Å². The Morgan fingerprint density at radius 2 is 1.93 bits per heavy atom. The molecule has 3 aromatic heterocycles. The molecule has 0 amide bonds. The van der Waals surface area contributed by atoms with Gasteiger partial charge in [0.25, 0.3) is 0 Å². The molecular formula is C22H27N7. The monoisotopic (exact) mass is 389 g/mol. The van der Waals surface area contributed by atoms with Gasteiger partial charge in [0.15, 0.2) is 5.82 Å². The molecule has 0 aliphatic carbocycles. The minimum Gasteiger partial charge on any atom is -0.382 e. The predicted octanol–water partition coefficient (Wildman–Crippen LogP) is 4.82. The number of aromatic nitrogens is 6. The summed E-state index contributed by atoms with van der Waals surface area (Å²) in [5.74, 6) is 2.22. The Morgan fingerprint density at radius 3 is 2.66 bits per heavy atom. The van der Waals surface area contributed by atoms with Crippen molar-refractivity contribution >= 4 is 16.6 Å². The fraction of sp³-hybridized carbons (Fsp3) is 0.364. The maximum absolute atomic E-state index is 4.79. The number of nitrogens with one attached hydrogen (secondary N) is 3. The highest BCUT2D eigenvalue weighted by molar-refractivity contribution is 6.04. The summed E-state index contributed by atoms with van der Waals surface area (Å²) in [7, 11) is 0. The third-order valence-electron chi connectivity index (χ3n) is 4.87. The number of aryl methyl sites for hydroxylation is 1. The van der Waals surface area contributed by atoms with Crippen LogP contribution in [-0.2, 0) is 6.42 Å². The van der Waals surface area contributed by atoms with Crippen LogP contribution in [0, 0.1) is 5.92 Å². The van der Waals surface area contributed by atoms with Crippen molar-refractivity contribution in [2.24, 2.45) is 5.92 Å². The number of para-hydroxylation sites is 1. The van der Waals surface area contributed by atoms with E-state index in [1.807, 2.05) is 24.7 Å². The molecule has 0 aliphatic rings. The van der Waals surface area contributed by atoms with Gasteiger partial charge in [-0.1, -0.05) is 32.0 Å². The Kier molecular flexibility index (Phi) is 5.29. The molecule has 3 heterocycles. The van der Waals surface area contributed by atoms with Crippen LogP contribution in [0.4, 0.5) is 5.69 Å². The zero-order valence-corrected chi connectivity index (χ0v) is 17.3. The van der Waals surface area contributed by atoms with Crippen molar-refractivity contribution in [3.63, 3.8) is 0 Å². The van der Waals surface area contributed by atoms with Crippen molar-refractivity contribution < 1.29 is 0 Å². The summed E-state index contributed by atoms with van der Waals surface area (Å²) < 4.78 is 0. The van der Waals surface area contributed by atoms with Crippen LogP contribution in [0.2, 0.25) is 0 Å². The summed E-state index contributed by atoms with van der Waals surface area (Å²) in [5, 5.41) is 19.2. The van der Waals surface area contributed by atoms with E-state index in [0.29, 0.717) is 11.7 Å². The number of anilines is 1. The van der Waals surface area contributed by atoms with Crippen LogP contribution < -0.4 is 5.32 Å². The standard InChI is InChI=1S/C22H27N7/c1-13(2)8-9-19-27-22(29-28-19)18-12-23-20-16(15-10-24-25-11-15)6-5-7-17(20)21(18)26-14(3)4/h5-7,10-14H,8-9H2,1-4H3,(H,23,26)(H,24,25)(H,27,28,29). The van der Waals surface area contributed by atoms with Gasteiger partial charge in [-0.2, -0.15) is 10.2 Å². The zero-order valence-electron chi connectivity index (χ0n) is 17.3. The molecule has 1 aromatic carbocycles. The first-order valence-corrected chi connectivity index (χ1v) is 10.1. The first-order chi connectivity index (χ1) is 14.0. The summed E-state index contributed by atoms with van der Waals surface area (Å²) in [4.78, 5) is 9.53. The van der Waals surface area contributed by atoms with Crippen molar-refractivity contribution in [3.8, 4) is 22.5 Å². The summed E-state index contributed by atoms with van der Waals surface area (Å²) in [6.45, 7) is 8.68. The molecule has 0 fully saturated rings. The van der Waals surface area contributed by atoms with E-state index in [4.69, 9.17) is 9.97 Å². The number of hydrogen-bond acceptors (Lipinski definition) is 5. The molecule has 0 atom stereocenters. The Labute approximate surface area is 170 Å². The lowest BCUT2D eigenvalue weighted by Crippen LogP contribution is -2.11. The van der Waals surface area contributed by atoms with E-state index in [0.717, 1.165) is 51.9 Å². The number of fused-ring (bicyclic) bond motifs is 1. The van der Waals surface area contributed by atoms with Crippen molar-refractivity contribution in [3.05, 3.63) is 42.6 Å². The number of pyridine rings is 1. The Morgan fingerprint density at radius 1 is 1.07 bits per heavy atom. The van der Waals surface area contributed by atoms with Crippen LogP contribution >= 0.6 is 0 Å². The molecule has 0 spiro atoms. The molecule has 0 saturated carbocycles. The van der Waals surface area contributed by atoms with Crippen LogP contribution in [-0.4, -0.2) is 36.4 Å². The smallest absolute Gasteiger partial charge is 0.184 e. The third-order valence-corrected chi connectivity index (χ3v) is 4.87. The van der Waals surface area contributed by atoms with Gasteiger partial charge in [0.05, 0.1) is 23.0 Å². The maximum Gasteiger partial charge on any atom is 0.184 e. The van der Waals surface area contributed by atoms with Crippen molar-refractivity contribution in [1.82, 2.24) is 30.4 Å². The number of benzene rings is 1. The molecule has 4 aromatic rings. The highest BCUT2D eigenvalue weighted by Crippen LogP contribution is 2.36. The second kappa shape index (κ2) is 8.03. The van der Waals surface area contributed by atoms with Gasteiger partial charge in [0.1, 0.15) is 5.82 Å².